The van der Waals surface area contributed by atoms with E-state index in [-0.39, 0.29) is 10.6 Å². The lowest BCUT2D eigenvalue weighted by Crippen LogP contribution is -2.23. The molecule has 1 aromatic carbocycles. The summed E-state index contributed by atoms with van der Waals surface area (Å²) in [4.78, 5) is 11.7. The molecule has 1 amide bonds. The van der Waals surface area contributed by atoms with E-state index in [1.807, 2.05) is 0 Å². The molecule has 0 heterocycles. The lowest BCUT2D eigenvalue weighted by atomic mass is 10.3. The third-order valence-electron chi connectivity index (χ3n) is 2.57. The van der Waals surface area contributed by atoms with Crippen LogP contribution in [0, 0.1) is 0 Å². The van der Waals surface area contributed by atoms with Crippen molar-refractivity contribution in [1.82, 2.24) is 4.31 Å². The lowest BCUT2D eigenvalue weighted by molar-refractivity contribution is -0.115. The zero-order valence-corrected chi connectivity index (χ0v) is 13.2. The number of anilines is 1. The predicted octanol–water partition coefficient (Wildman–Crippen LogP) is 1.51. The molecule has 1 N–H and O–H groups in total. The highest BCUT2D eigenvalue weighted by atomic mass is 35.5. The van der Waals surface area contributed by atoms with Crippen LogP contribution in [-0.2, 0) is 14.8 Å². The summed E-state index contributed by atoms with van der Waals surface area (Å²) in [6, 6.07) is 4.23. The van der Waals surface area contributed by atoms with Crippen LogP contribution in [0.2, 0.25) is 0 Å². The van der Waals surface area contributed by atoms with Gasteiger partial charge in [-0.2, -0.15) is 0 Å². The highest BCUT2D eigenvalue weighted by molar-refractivity contribution is 7.89. The minimum absolute atomic E-state index is 0.0563. The third-order valence-corrected chi connectivity index (χ3v) is 4.58. The van der Waals surface area contributed by atoms with E-state index in [1.54, 1.807) is 0 Å². The normalized spacial score (nSPS) is 13.1. The van der Waals surface area contributed by atoms with Crippen molar-refractivity contribution in [3.63, 3.8) is 0 Å². The van der Waals surface area contributed by atoms with Gasteiger partial charge in [0.2, 0.25) is 15.9 Å². The maximum atomic E-state index is 12.0. The maximum absolute atomic E-state index is 12.0. The van der Waals surface area contributed by atoms with Crippen LogP contribution in [0.3, 0.4) is 0 Å². The first-order valence-electron chi connectivity index (χ1n) is 5.75. The summed E-state index contributed by atoms with van der Waals surface area (Å²) in [7, 11) is 0.697. The van der Waals surface area contributed by atoms with Crippen LogP contribution in [0.25, 0.3) is 0 Å². The van der Waals surface area contributed by atoms with Gasteiger partial charge in [-0.1, -0.05) is 0 Å². The largest absolute Gasteiger partial charge is 0.495 e. The molecule has 0 bridgehead atoms. The maximum Gasteiger partial charge on any atom is 0.242 e. The summed E-state index contributed by atoms with van der Waals surface area (Å²) in [5, 5.41) is 1.79. The van der Waals surface area contributed by atoms with Crippen molar-refractivity contribution in [3.8, 4) is 5.75 Å². The lowest BCUT2D eigenvalue weighted by Gasteiger charge is -2.15. The number of nitrogens with zero attached hydrogens (tertiary/aromatic N) is 1. The number of amides is 1. The SMILES string of the molecule is COc1ccc(S(=O)(=O)N(C)C)cc1NC(=O)[C@@H](C)Cl. The van der Waals surface area contributed by atoms with Crippen LogP contribution >= 0.6 is 11.6 Å². The van der Waals surface area contributed by atoms with Gasteiger partial charge in [0.1, 0.15) is 11.1 Å². The molecular weight excluding hydrogens is 304 g/mol. The average molecular weight is 321 g/mol. The third kappa shape index (κ3) is 3.62. The molecule has 20 heavy (non-hydrogen) atoms. The number of carbonyl (C=O) groups excluding carboxylic acids is 1. The number of sulfonamides is 1. The topological polar surface area (TPSA) is 75.7 Å². The van der Waals surface area contributed by atoms with Gasteiger partial charge < -0.3 is 10.1 Å². The number of rotatable bonds is 5. The fraction of sp³-hybridized carbons (Fsp3) is 0.417. The number of hydrogen-bond donors (Lipinski definition) is 1. The van der Waals surface area contributed by atoms with Crippen LogP contribution in [0.5, 0.6) is 5.75 Å². The van der Waals surface area contributed by atoms with Crippen LogP contribution in [-0.4, -0.2) is 45.2 Å². The monoisotopic (exact) mass is 320 g/mol. The molecule has 112 valence electrons. The van der Waals surface area contributed by atoms with E-state index in [2.05, 4.69) is 5.32 Å². The molecule has 0 aromatic heterocycles. The first kappa shape index (κ1) is 16.7. The molecule has 0 aliphatic heterocycles. The number of alkyl halides is 1. The van der Waals surface area contributed by atoms with E-state index in [1.165, 1.54) is 46.3 Å². The summed E-state index contributed by atoms with van der Waals surface area (Å²) in [5.41, 5.74) is 0.257. The summed E-state index contributed by atoms with van der Waals surface area (Å²) >= 11 is 5.67. The van der Waals surface area contributed by atoms with Crippen molar-refractivity contribution in [1.29, 1.82) is 0 Å². The first-order valence-corrected chi connectivity index (χ1v) is 7.63. The van der Waals surface area contributed by atoms with E-state index < -0.39 is 21.3 Å². The Balaban J connectivity index is 3.26. The van der Waals surface area contributed by atoms with Gasteiger partial charge in [-0.15, -0.1) is 11.6 Å². The molecule has 8 heteroatoms. The number of ether oxygens (including phenoxy) is 1. The summed E-state index contributed by atoms with van der Waals surface area (Å²) in [6.45, 7) is 1.52. The van der Waals surface area contributed by atoms with Crippen molar-refractivity contribution in [2.24, 2.45) is 0 Å². The van der Waals surface area contributed by atoms with Gasteiger partial charge in [0.05, 0.1) is 17.7 Å². The summed E-state index contributed by atoms with van der Waals surface area (Å²) < 4.78 is 30.3. The minimum atomic E-state index is -3.59. The van der Waals surface area contributed by atoms with Crippen molar-refractivity contribution in [3.05, 3.63) is 18.2 Å². The van der Waals surface area contributed by atoms with E-state index in [0.717, 1.165) is 4.31 Å². The van der Waals surface area contributed by atoms with Gasteiger partial charge in [-0.3, -0.25) is 4.79 Å². The molecule has 0 saturated heterocycles. The van der Waals surface area contributed by atoms with Gasteiger partial charge in [0.25, 0.3) is 0 Å². The minimum Gasteiger partial charge on any atom is -0.495 e. The van der Waals surface area contributed by atoms with E-state index >= 15 is 0 Å². The molecule has 0 aliphatic rings. The van der Waals surface area contributed by atoms with Crippen LogP contribution < -0.4 is 10.1 Å². The zero-order valence-electron chi connectivity index (χ0n) is 11.7. The van der Waals surface area contributed by atoms with Crippen molar-refractivity contribution < 1.29 is 17.9 Å². The van der Waals surface area contributed by atoms with E-state index in [0.29, 0.717) is 5.75 Å². The highest BCUT2D eigenvalue weighted by Gasteiger charge is 2.20. The Hall–Kier alpha value is -1.31. The molecular formula is C12H17ClN2O4S. The fourth-order valence-electron chi connectivity index (χ4n) is 1.39. The van der Waals surface area contributed by atoms with Crippen molar-refractivity contribution in [2.75, 3.05) is 26.5 Å². The number of carbonyl (C=O) groups is 1. The number of benzene rings is 1. The molecule has 6 nitrogen and oxygen atoms in total. The van der Waals surface area contributed by atoms with Gasteiger partial charge in [-0.25, -0.2) is 12.7 Å². The summed E-state index contributed by atoms with van der Waals surface area (Å²) in [5.74, 6) is -0.0854. The molecule has 0 fully saturated rings. The quantitative estimate of drug-likeness (QED) is 0.834. The Bertz CT molecular complexity index is 599. The van der Waals surface area contributed by atoms with Gasteiger partial charge >= 0.3 is 0 Å². The Morgan fingerprint density at radius 2 is 2.00 bits per heavy atom. The Labute approximate surface area is 123 Å². The molecule has 0 saturated carbocycles. The van der Waals surface area contributed by atoms with Crippen LogP contribution in [0.15, 0.2) is 23.1 Å². The number of hydrogen-bond acceptors (Lipinski definition) is 4. The van der Waals surface area contributed by atoms with Crippen LogP contribution in [0.4, 0.5) is 5.69 Å². The van der Waals surface area contributed by atoms with E-state index in [4.69, 9.17) is 16.3 Å². The smallest absolute Gasteiger partial charge is 0.242 e. The molecule has 0 unspecified atom stereocenters. The molecule has 0 aliphatic carbocycles. The number of methoxy groups -OCH3 is 1. The van der Waals surface area contributed by atoms with E-state index in [9.17, 15) is 13.2 Å². The highest BCUT2D eigenvalue weighted by Crippen LogP contribution is 2.28. The van der Waals surface area contributed by atoms with Crippen molar-refractivity contribution >= 4 is 33.2 Å². The second-order valence-electron chi connectivity index (χ2n) is 4.25. The Kier molecular flexibility index (Phi) is 5.38. The molecule has 1 rings (SSSR count). The molecule has 0 radical (unpaired) electrons. The number of nitrogens with one attached hydrogen (secondary N) is 1. The van der Waals surface area contributed by atoms with Gasteiger partial charge in [-0.05, 0) is 25.1 Å². The Morgan fingerprint density at radius 1 is 1.40 bits per heavy atom. The zero-order chi connectivity index (χ0) is 15.5. The Morgan fingerprint density at radius 3 is 2.45 bits per heavy atom. The second kappa shape index (κ2) is 6.43. The standard InChI is InChI=1S/C12H17ClN2O4S/c1-8(13)12(16)14-10-7-9(5-6-11(10)19-4)20(17,18)15(2)3/h5-8H,1-4H3,(H,14,16)/t8-/m1/s1. The first-order chi connectivity index (χ1) is 9.20. The second-order valence-corrected chi connectivity index (χ2v) is 7.06. The predicted molar refractivity (Wildman–Crippen MR) is 77.8 cm³/mol. The molecule has 1 aromatic rings. The average Bonchev–Trinajstić information content (AvgIpc) is 2.38. The fourth-order valence-corrected chi connectivity index (χ4v) is 2.37. The molecule has 1 atom stereocenters. The van der Waals surface area contributed by atoms with Crippen LogP contribution in [0.1, 0.15) is 6.92 Å². The molecule has 0 spiro atoms. The van der Waals surface area contributed by atoms with Gasteiger partial charge in [0.15, 0.2) is 0 Å². The van der Waals surface area contributed by atoms with Gasteiger partial charge in [0, 0.05) is 14.1 Å². The summed E-state index contributed by atoms with van der Waals surface area (Å²) in [6.07, 6.45) is 0. The number of halogens is 1. The van der Waals surface area contributed by atoms with Crippen molar-refractivity contribution in [2.45, 2.75) is 17.2 Å².